The summed E-state index contributed by atoms with van der Waals surface area (Å²) >= 11 is 0. The van der Waals surface area contributed by atoms with Crippen LogP contribution in [0.15, 0.2) is 0 Å². The Bertz CT molecular complexity index is 358. The second kappa shape index (κ2) is 21.5. The quantitative estimate of drug-likeness (QED) is 0.205. The smallest absolute Gasteiger partial charge is 0.315 e. The fraction of sp³-hybridized carbons (Fsp3) is 0.833. The number of ether oxygens (including phenoxy) is 1. The average molecular weight is 392 g/mol. The van der Waals surface area contributed by atoms with Crippen molar-refractivity contribution in [3.8, 4) is 11.8 Å². The molecule has 25 heavy (non-hydrogen) atoms. The third-order valence-corrected chi connectivity index (χ3v) is 5.21. The van der Waals surface area contributed by atoms with Gasteiger partial charge in [-0.25, -0.2) is 4.79 Å². The maximum atomic E-state index is 11.5. The summed E-state index contributed by atoms with van der Waals surface area (Å²) in [6.45, 7) is 12.9. The molecule has 0 heterocycles. The van der Waals surface area contributed by atoms with Crippen LogP contribution in [0, 0.1) is 17.8 Å². The van der Waals surface area contributed by atoms with Crippen molar-refractivity contribution in [2.75, 3.05) is 39.0 Å². The van der Waals surface area contributed by atoms with Gasteiger partial charge in [0, 0.05) is 31.4 Å². The van der Waals surface area contributed by atoms with Gasteiger partial charge in [-0.3, -0.25) is 0 Å². The van der Waals surface area contributed by atoms with Crippen molar-refractivity contribution in [1.29, 1.82) is 0 Å². The Hall–Kier alpha value is -0.550. The summed E-state index contributed by atoms with van der Waals surface area (Å²) in [5.74, 6) is 7.33. The fourth-order valence-corrected chi connectivity index (χ4v) is 3.44. The predicted molar refractivity (Wildman–Crippen MR) is 114 cm³/mol. The molecule has 0 saturated heterocycles. The maximum Gasteiger partial charge on any atom is 0.315 e. The number of unbranched alkanes of at least 4 members (excludes halogenated alkanes) is 1. The SMILES string of the molecule is CC.CNCCSSC(C)OCCCCNC(=O)NCC#CC(C)C. The lowest BCUT2D eigenvalue weighted by Crippen LogP contribution is -2.36. The van der Waals surface area contributed by atoms with Crippen LogP contribution in [0.4, 0.5) is 4.79 Å². The number of rotatable bonds is 12. The highest BCUT2D eigenvalue weighted by Crippen LogP contribution is 2.26. The van der Waals surface area contributed by atoms with Crippen molar-refractivity contribution in [2.45, 2.75) is 52.9 Å². The van der Waals surface area contributed by atoms with Crippen LogP contribution >= 0.6 is 21.6 Å². The normalized spacial score (nSPS) is 11.0. The van der Waals surface area contributed by atoms with Gasteiger partial charge in [0.1, 0.15) is 5.44 Å². The van der Waals surface area contributed by atoms with Crippen LogP contribution in [-0.2, 0) is 4.74 Å². The van der Waals surface area contributed by atoms with Crippen LogP contribution in [0.2, 0.25) is 0 Å². The molecule has 0 aliphatic carbocycles. The molecule has 0 aromatic rings. The summed E-state index contributed by atoms with van der Waals surface area (Å²) in [5.41, 5.74) is 0.202. The first-order valence-corrected chi connectivity index (χ1v) is 11.5. The molecule has 0 spiro atoms. The van der Waals surface area contributed by atoms with E-state index in [-0.39, 0.29) is 11.5 Å². The minimum absolute atomic E-state index is 0.158. The van der Waals surface area contributed by atoms with E-state index in [4.69, 9.17) is 4.74 Å². The van der Waals surface area contributed by atoms with Gasteiger partial charge in [-0.2, -0.15) is 0 Å². The second-order valence-electron chi connectivity index (χ2n) is 5.25. The number of hydrogen-bond donors (Lipinski definition) is 3. The molecular weight excluding hydrogens is 354 g/mol. The van der Waals surface area contributed by atoms with E-state index in [1.165, 1.54) is 0 Å². The van der Waals surface area contributed by atoms with Crippen molar-refractivity contribution >= 4 is 27.6 Å². The molecule has 5 nitrogen and oxygen atoms in total. The number of amides is 2. The number of nitrogens with one attached hydrogen (secondary N) is 3. The van der Waals surface area contributed by atoms with E-state index in [1.807, 2.05) is 45.5 Å². The maximum absolute atomic E-state index is 11.5. The second-order valence-corrected chi connectivity index (χ2v) is 8.04. The minimum atomic E-state index is -0.158. The van der Waals surface area contributed by atoms with Crippen molar-refractivity contribution in [3.63, 3.8) is 0 Å². The Morgan fingerprint density at radius 1 is 1.12 bits per heavy atom. The van der Waals surface area contributed by atoms with Gasteiger partial charge >= 0.3 is 6.03 Å². The van der Waals surface area contributed by atoms with Gasteiger partial charge in [-0.15, -0.1) is 0 Å². The van der Waals surface area contributed by atoms with Crippen LogP contribution in [0.1, 0.15) is 47.5 Å². The van der Waals surface area contributed by atoms with Crippen LogP contribution in [0.5, 0.6) is 0 Å². The van der Waals surface area contributed by atoms with Crippen LogP contribution in [0.3, 0.4) is 0 Å². The van der Waals surface area contributed by atoms with E-state index in [0.717, 1.165) is 31.7 Å². The molecule has 2 amide bonds. The highest BCUT2D eigenvalue weighted by Gasteiger charge is 2.03. The number of urea groups is 1. The molecule has 148 valence electrons. The molecule has 0 bridgehead atoms. The van der Waals surface area contributed by atoms with Crippen molar-refractivity contribution < 1.29 is 9.53 Å². The summed E-state index contributed by atoms with van der Waals surface area (Å²) in [5, 5.41) is 8.65. The zero-order chi connectivity index (χ0) is 19.3. The Morgan fingerprint density at radius 2 is 1.84 bits per heavy atom. The van der Waals surface area contributed by atoms with E-state index >= 15 is 0 Å². The van der Waals surface area contributed by atoms with Gasteiger partial charge in [0.05, 0.1) is 6.54 Å². The van der Waals surface area contributed by atoms with Crippen LogP contribution in [0.25, 0.3) is 0 Å². The molecule has 3 N–H and O–H groups in total. The Morgan fingerprint density at radius 3 is 2.48 bits per heavy atom. The first-order valence-electron chi connectivity index (χ1n) is 9.10. The van der Waals surface area contributed by atoms with E-state index in [9.17, 15) is 4.79 Å². The van der Waals surface area contributed by atoms with Gasteiger partial charge in [0.15, 0.2) is 0 Å². The van der Waals surface area contributed by atoms with Gasteiger partial charge < -0.3 is 20.7 Å². The van der Waals surface area contributed by atoms with Crippen molar-refractivity contribution in [3.05, 3.63) is 0 Å². The third kappa shape index (κ3) is 23.4. The van der Waals surface area contributed by atoms with Crippen molar-refractivity contribution in [2.24, 2.45) is 5.92 Å². The molecular formula is C18H37N3O2S2. The van der Waals surface area contributed by atoms with E-state index in [2.05, 4.69) is 34.7 Å². The molecule has 0 rings (SSSR count). The van der Waals surface area contributed by atoms with E-state index in [1.54, 1.807) is 10.8 Å². The molecule has 1 unspecified atom stereocenters. The average Bonchev–Trinajstić information content (AvgIpc) is 2.60. The molecule has 0 saturated carbocycles. The lowest BCUT2D eigenvalue weighted by Gasteiger charge is -2.12. The zero-order valence-corrected chi connectivity index (χ0v) is 18.4. The number of carbonyl (C=O) groups excluding carboxylic acids is 1. The predicted octanol–water partition coefficient (Wildman–Crippen LogP) is 3.71. The number of carbonyl (C=O) groups is 1. The summed E-state index contributed by atoms with van der Waals surface area (Å²) in [4.78, 5) is 11.5. The topological polar surface area (TPSA) is 62.4 Å². The minimum Gasteiger partial charge on any atom is -0.367 e. The molecule has 0 radical (unpaired) electrons. The fourth-order valence-electron chi connectivity index (χ4n) is 1.44. The Balaban J connectivity index is 0. The lowest BCUT2D eigenvalue weighted by molar-refractivity contribution is 0.121. The Labute approximate surface area is 163 Å². The highest BCUT2D eigenvalue weighted by atomic mass is 33.1. The monoisotopic (exact) mass is 391 g/mol. The highest BCUT2D eigenvalue weighted by molar-refractivity contribution is 8.76. The van der Waals surface area contributed by atoms with E-state index < -0.39 is 0 Å². The van der Waals surface area contributed by atoms with E-state index in [0.29, 0.717) is 19.0 Å². The molecule has 0 aromatic heterocycles. The Kier molecular flexibility index (Phi) is 22.9. The van der Waals surface area contributed by atoms with Crippen LogP contribution < -0.4 is 16.0 Å². The largest absolute Gasteiger partial charge is 0.367 e. The summed E-state index contributed by atoms with van der Waals surface area (Å²) < 4.78 is 5.71. The zero-order valence-electron chi connectivity index (χ0n) is 16.7. The molecule has 0 fully saturated rings. The van der Waals surface area contributed by atoms with Gasteiger partial charge in [0.2, 0.25) is 0 Å². The lowest BCUT2D eigenvalue weighted by atomic mass is 10.2. The van der Waals surface area contributed by atoms with Gasteiger partial charge in [-0.1, -0.05) is 61.1 Å². The molecule has 0 aliphatic rings. The van der Waals surface area contributed by atoms with Crippen LogP contribution in [-0.4, -0.2) is 50.5 Å². The third-order valence-electron chi connectivity index (χ3n) is 2.58. The molecule has 0 aromatic carbocycles. The standard InChI is InChI=1S/C16H31N3O2S2.C2H6/c1-14(2)8-7-10-19-16(20)18-9-5-6-12-21-15(3)23-22-13-11-17-4;1-2/h14-15,17H,5-6,9-13H2,1-4H3,(H2,18,19,20);1-2H3. The van der Waals surface area contributed by atoms with Crippen molar-refractivity contribution in [1.82, 2.24) is 16.0 Å². The molecule has 7 heteroatoms. The first kappa shape index (κ1) is 26.7. The molecule has 1 atom stereocenters. The summed E-state index contributed by atoms with van der Waals surface area (Å²) in [6.07, 6.45) is 1.86. The summed E-state index contributed by atoms with van der Waals surface area (Å²) in [7, 11) is 5.54. The van der Waals surface area contributed by atoms with Gasteiger partial charge in [0.25, 0.3) is 0 Å². The summed E-state index contributed by atoms with van der Waals surface area (Å²) in [6, 6.07) is -0.158. The molecule has 0 aliphatic heterocycles. The first-order chi connectivity index (χ1) is 12.1. The van der Waals surface area contributed by atoms with Gasteiger partial charge in [-0.05, 0) is 26.8 Å². The number of hydrogen-bond acceptors (Lipinski definition) is 5.